The second-order valence-electron chi connectivity index (χ2n) is 13.5. The van der Waals surface area contributed by atoms with Gasteiger partial charge in [0.05, 0.1) is 24.0 Å². The van der Waals surface area contributed by atoms with Crippen LogP contribution in [0.25, 0.3) is 0 Å². The van der Waals surface area contributed by atoms with Gasteiger partial charge in [-0.05, 0) is 62.4 Å². The number of aliphatic hydroxyl groups is 1. The van der Waals surface area contributed by atoms with Crippen LogP contribution >= 0.6 is 27.5 Å². The zero-order chi connectivity index (χ0) is 36.7. The number of esters is 1. The number of halogens is 2. The third-order valence-corrected chi connectivity index (χ3v) is 11.2. The molecule has 0 saturated carbocycles. The van der Waals surface area contributed by atoms with Crippen LogP contribution in [-0.4, -0.2) is 82.0 Å². The fourth-order valence-corrected chi connectivity index (χ4v) is 8.90. The van der Waals surface area contributed by atoms with Gasteiger partial charge in [-0.2, -0.15) is 0 Å². The zero-order valence-corrected chi connectivity index (χ0v) is 31.3. The van der Waals surface area contributed by atoms with Crippen LogP contribution in [0.4, 0.5) is 5.69 Å². The number of carbonyl (C=O) groups excluding carboxylic acids is 4. The smallest absolute Gasteiger partial charge is 0.313 e. The van der Waals surface area contributed by atoms with Gasteiger partial charge in [0, 0.05) is 41.7 Å². The molecule has 8 atom stereocenters. The van der Waals surface area contributed by atoms with E-state index in [0.29, 0.717) is 42.0 Å². The van der Waals surface area contributed by atoms with E-state index in [-0.39, 0.29) is 48.7 Å². The Morgan fingerprint density at radius 2 is 1.82 bits per heavy atom. The molecule has 1 spiro atoms. The van der Waals surface area contributed by atoms with Gasteiger partial charge in [0.2, 0.25) is 11.8 Å². The number of unbranched alkanes of at least 4 members (excludes halogenated alkanes) is 3. The predicted octanol–water partition coefficient (Wildman–Crippen LogP) is 5.92. The number of fused-ring (bicyclic) bond motifs is 1. The Morgan fingerprint density at radius 3 is 2.49 bits per heavy atom. The van der Waals surface area contributed by atoms with Crippen molar-refractivity contribution in [1.29, 1.82) is 0 Å². The number of nitrogens with one attached hydrogen (secondary N) is 1. The number of carbonyl (C=O) groups is 4. The summed E-state index contributed by atoms with van der Waals surface area (Å²) >= 11 is 9.92. The van der Waals surface area contributed by atoms with Crippen LogP contribution in [0, 0.1) is 11.8 Å². The molecular weight excluding hydrogens is 738 g/mol. The van der Waals surface area contributed by atoms with E-state index in [0.717, 1.165) is 12.8 Å². The van der Waals surface area contributed by atoms with Gasteiger partial charge in [0.1, 0.15) is 17.7 Å². The van der Waals surface area contributed by atoms with E-state index in [1.54, 1.807) is 53.1 Å². The summed E-state index contributed by atoms with van der Waals surface area (Å²) in [6.07, 6.45) is 5.61. The van der Waals surface area contributed by atoms with Gasteiger partial charge in [-0.1, -0.05) is 82.9 Å². The first kappa shape index (κ1) is 38.7. The fraction of sp³-hybridized carbons (Fsp3) is 0.487. The summed E-state index contributed by atoms with van der Waals surface area (Å²) in [6, 6.07) is 14.5. The van der Waals surface area contributed by atoms with Crippen LogP contribution < -0.4 is 10.2 Å². The van der Waals surface area contributed by atoms with Crippen molar-refractivity contribution in [3.63, 3.8) is 0 Å². The average Bonchev–Trinajstić information content (AvgIpc) is 3.72. The molecule has 2 aromatic carbocycles. The highest BCUT2D eigenvalue weighted by Crippen LogP contribution is 2.60. The van der Waals surface area contributed by atoms with E-state index in [1.165, 1.54) is 0 Å². The summed E-state index contributed by atoms with van der Waals surface area (Å²) in [4.78, 5) is 59.4. The molecule has 51 heavy (non-hydrogen) atoms. The molecule has 0 aliphatic carbocycles. The molecule has 10 nitrogen and oxygen atoms in total. The van der Waals surface area contributed by atoms with Crippen molar-refractivity contribution in [3.05, 3.63) is 90.5 Å². The maximum atomic E-state index is 14.8. The highest BCUT2D eigenvalue weighted by molar-refractivity contribution is 9.09. The van der Waals surface area contributed by atoms with Crippen molar-refractivity contribution >= 4 is 56.9 Å². The lowest BCUT2D eigenvalue weighted by molar-refractivity contribution is -0.162. The van der Waals surface area contributed by atoms with Gasteiger partial charge in [0.15, 0.2) is 0 Å². The second-order valence-corrected chi connectivity index (χ2v) is 15.1. The lowest BCUT2D eigenvalue weighted by atomic mass is 9.70. The number of ether oxygens (including phenoxy) is 2. The summed E-state index contributed by atoms with van der Waals surface area (Å²) in [5.74, 6) is -3.44. The van der Waals surface area contributed by atoms with Crippen LogP contribution in [0.5, 0.6) is 0 Å². The molecule has 0 radical (unpaired) electrons. The number of hydrogen-bond acceptors (Lipinski definition) is 7. The van der Waals surface area contributed by atoms with Crippen molar-refractivity contribution in [2.24, 2.45) is 11.8 Å². The topological polar surface area (TPSA) is 125 Å². The van der Waals surface area contributed by atoms with Gasteiger partial charge >= 0.3 is 5.97 Å². The number of anilines is 1. The summed E-state index contributed by atoms with van der Waals surface area (Å²) in [5.41, 5.74) is -0.0106. The molecule has 274 valence electrons. The molecule has 2 N–H and O–H groups in total. The Hall–Kier alpha value is -3.51. The van der Waals surface area contributed by atoms with Crippen LogP contribution in [0.2, 0.25) is 5.02 Å². The molecule has 3 heterocycles. The quantitative estimate of drug-likeness (QED) is 0.0834. The van der Waals surface area contributed by atoms with Gasteiger partial charge in [0.25, 0.3) is 5.91 Å². The number of alkyl halides is 1. The number of rotatable bonds is 18. The largest absolute Gasteiger partial charge is 0.455 e. The lowest BCUT2D eigenvalue weighted by Gasteiger charge is -2.37. The van der Waals surface area contributed by atoms with E-state index < -0.39 is 47.7 Å². The third-order valence-electron chi connectivity index (χ3n) is 10.1. The second kappa shape index (κ2) is 17.3. The van der Waals surface area contributed by atoms with Gasteiger partial charge in [-0.3, -0.25) is 19.2 Å². The maximum Gasteiger partial charge on any atom is 0.313 e. The standard InChI is InChI=1S/C39H47BrClN3O7/c1-4-6-16-30(46)42-25(3)33(26-14-10-9-11-15-26)50-38(49)31-32-36(47)44(22-12-7-8-13-23-45)35(39(32)24-29(40)34(31)51-39)37(48)43(21-5-2)28-19-17-27(41)18-20-28/h4-5,9-11,14-15,17-20,25,29,31-35,45H,1-2,6-8,12-13,16,21-24H2,3H3,(H,42,46)/t25-,29?,31-,32+,33-,34-,35-,39+/m0/s1. The van der Waals surface area contributed by atoms with Crippen LogP contribution in [0.3, 0.4) is 0 Å². The van der Waals surface area contributed by atoms with Crippen LogP contribution in [-0.2, 0) is 28.7 Å². The number of hydrogen-bond donors (Lipinski definition) is 2. The van der Waals surface area contributed by atoms with Crippen molar-refractivity contribution in [1.82, 2.24) is 10.2 Å². The first-order valence-corrected chi connectivity index (χ1v) is 18.9. The highest BCUT2D eigenvalue weighted by atomic mass is 79.9. The third kappa shape index (κ3) is 8.11. The Kier molecular flexibility index (Phi) is 13.2. The number of likely N-dealkylation sites (tertiary alicyclic amines) is 1. The van der Waals surface area contributed by atoms with E-state index in [9.17, 15) is 24.3 Å². The normalized spacial score (nSPS) is 25.9. The van der Waals surface area contributed by atoms with Gasteiger partial charge in [-0.25, -0.2) is 0 Å². The molecule has 3 aliphatic heterocycles. The number of aliphatic hydroxyl groups excluding tert-OH is 1. The van der Waals surface area contributed by atoms with Crippen molar-refractivity contribution in [2.75, 3.05) is 24.6 Å². The first-order valence-electron chi connectivity index (χ1n) is 17.6. The number of benzene rings is 2. The first-order chi connectivity index (χ1) is 24.6. The molecule has 5 rings (SSSR count). The molecule has 12 heteroatoms. The van der Waals surface area contributed by atoms with E-state index >= 15 is 0 Å². The predicted molar refractivity (Wildman–Crippen MR) is 199 cm³/mol. The van der Waals surface area contributed by atoms with Crippen LogP contribution in [0.15, 0.2) is 79.9 Å². The monoisotopic (exact) mass is 783 g/mol. The molecular formula is C39H47BrClN3O7. The average molecular weight is 785 g/mol. The van der Waals surface area contributed by atoms with Gasteiger partial charge < -0.3 is 29.7 Å². The molecule has 1 unspecified atom stereocenters. The Bertz CT molecular complexity index is 1580. The molecule has 3 fully saturated rings. The minimum Gasteiger partial charge on any atom is -0.455 e. The number of nitrogens with zero attached hydrogens (tertiary/aromatic N) is 2. The minimum atomic E-state index is -1.29. The number of amides is 3. The summed E-state index contributed by atoms with van der Waals surface area (Å²) in [7, 11) is 0. The van der Waals surface area contributed by atoms with Gasteiger partial charge in [-0.15, -0.1) is 13.2 Å². The molecule has 3 amide bonds. The van der Waals surface area contributed by atoms with Crippen molar-refractivity contribution in [3.8, 4) is 0 Å². The van der Waals surface area contributed by atoms with E-state index in [1.807, 2.05) is 30.3 Å². The van der Waals surface area contributed by atoms with E-state index in [4.69, 9.17) is 21.1 Å². The molecule has 0 aromatic heterocycles. The highest BCUT2D eigenvalue weighted by Gasteiger charge is 2.77. The maximum absolute atomic E-state index is 14.8. The zero-order valence-electron chi connectivity index (χ0n) is 28.9. The van der Waals surface area contributed by atoms with Crippen molar-refractivity contribution in [2.45, 2.75) is 86.6 Å². The summed E-state index contributed by atoms with van der Waals surface area (Å²) < 4.78 is 13.0. The van der Waals surface area contributed by atoms with Crippen LogP contribution in [0.1, 0.15) is 63.5 Å². The summed E-state index contributed by atoms with van der Waals surface area (Å²) in [6.45, 7) is 9.88. The minimum absolute atomic E-state index is 0.0826. The fourth-order valence-electron chi connectivity index (χ4n) is 7.83. The molecule has 3 aliphatic rings. The molecule has 2 bridgehead atoms. The lowest BCUT2D eigenvalue weighted by Crippen LogP contribution is -2.57. The van der Waals surface area contributed by atoms with Crippen molar-refractivity contribution < 1.29 is 33.8 Å². The molecule has 2 aromatic rings. The number of allylic oxidation sites excluding steroid dienone is 1. The Balaban J connectivity index is 1.49. The summed E-state index contributed by atoms with van der Waals surface area (Å²) in [5, 5.41) is 12.8. The molecule has 3 saturated heterocycles. The Morgan fingerprint density at radius 1 is 1.12 bits per heavy atom. The SMILES string of the molecule is C=CCCC(=O)N[C@@H](C)[C@H](OC(=O)[C@@H]1[C@H]2O[C@@]3(CC2Br)[C@H](C(=O)N(CC=C)c2ccc(Cl)cc2)N(CCCCCCO)C(=O)[C@@H]13)c1ccccc1. The van der Waals surface area contributed by atoms with E-state index in [2.05, 4.69) is 34.4 Å². The Labute approximate surface area is 313 Å².